The second-order valence-corrected chi connectivity index (χ2v) is 5.36. The van der Waals surface area contributed by atoms with Gasteiger partial charge in [-0.1, -0.05) is 12.1 Å². The Morgan fingerprint density at radius 2 is 1.87 bits per heavy atom. The normalized spacial score (nSPS) is 10.9. The van der Waals surface area contributed by atoms with E-state index in [1.807, 2.05) is 0 Å². The molecule has 6 heteroatoms. The van der Waals surface area contributed by atoms with E-state index in [0.717, 1.165) is 11.3 Å². The van der Waals surface area contributed by atoms with Crippen LogP contribution in [0.5, 0.6) is 11.6 Å². The highest BCUT2D eigenvalue weighted by Gasteiger charge is 2.21. The van der Waals surface area contributed by atoms with Crippen LogP contribution in [0.25, 0.3) is 0 Å². The number of ketones is 1. The molecule has 0 radical (unpaired) electrons. The molecule has 0 fully saturated rings. The Morgan fingerprint density at radius 3 is 2.48 bits per heavy atom. The summed E-state index contributed by atoms with van der Waals surface area (Å²) in [6, 6.07) is 9.50. The van der Waals surface area contributed by atoms with Gasteiger partial charge in [0.1, 0.15) is 5.82 Å². The van der Waals surface area contributed by atoms with E-state index in [-0.39, 0.29) is 17.3 Å². The number of nitrogens with one attached hydrogen (secondary N) is 1. The molecule has 23 heavy (non-hydrogen) atoms. The molecule has 2 aromatic heterocycles. The van der Waals surface area contributed by atoms with Crippen molar-refractivity contribution in [3.8, 4) is 11.6 Å². The lowest BCUT2D eigenvalue weighted by Crippen LogP contribution is -2.01. The number of carbonyl (C=O) groups excluding carboxylic acids is 1. The molecule has 0 aliphatic carbocycles. The molecule has 0 saturated heterocycles. The van der Waals surface area contributed by atoms with Gasteiger partial charge in [-0.2, -0.15) is 0 Å². The van der Waals surface area contributed by atoms with Gasteiger partial charge in [0.15, 0.2) is 5.75 Å². The lowest BCUT2D eigenvalue weighted by atomic mass is 10.1. The second-order valence-electron chi connectivity index (χ2n) is 5.36. The summed E-state index contributed by atoms with van der Waals surface area (Å²) in [5.41, 5.74) is 2.04. The fraction of sp³-hybridized carbons (Fsp3) is 0.118. The van der Waals surface area contributed by atoms with Gasteiger partial charge in [-0.05, 0) is 29.8 Å². The van der Waals surface area contributed by atoms with Crippen molar-refractivity contribution in [1.82, 2.24) is 9.55 Å². The fourth-order valence-corrected chi connectivity index (χ4v) is 2.41. The Labute approximate surface area is 131 Å². The first-order valence-electron chi connectivity index (χ1n) is 7.00. The minimum atomic E-state index is -0.438. The van der Waals surface area contributed by atoms with Crippen molar-refractivity contribution >= 4 is 5.78 Å². The Morgan fingerprint density at radius 1 is 1.17 bits per heavy atom. The molecule has 3 N–H and O–H groups in total. The van der Waals surface area contributed by atoms with Gasteiger partial charge in [0.25, 0.3) is 0 Å². The molecule has 5 nitrogen and oxygen atoms in total. The number of benzene rings is 1. The number of halogens is 1. The van der Waals surface area contributed by atoms with Gasteiger partial charge < -0.3 is 19.8 Å². The molecule has 0 bridgehead atoms. The van der Waals surface area contributed by atoms with Crippen LogP contribution in [-0.4, -0.2) is 25.5 Å². The van der Waals surface area contributed by atoms with E-state index in [4.69, 9.17) is 0 Å². The van der Waals surface area contributed by atoms with Crippen molar-refractivity contribution in [2.45, 2.75) is 6.42 Å². The number of nitrogens with zero attached hydrogens (tertiary/aromatic N) is 1. The van der Waals surface area contributed by atoms with Gasteiger partial charge in [-0.3, -0.25) is 4.79 Å². The number of carbonyl (C=O) groups is 1. The molecule has 3 aromatic rings. The molecule has 1 aromatic carbocycles. The molecule has 0 amide bonds. The van der Waals surface area contributed by atoms with Crippen LogP contribution in [0.4, 0.5) is 4.39 Å². The van der Waals surface area contributed by atoms with Gasteiger partial charge in [0.05, 0.1) is 11.3 Å². The fourth-order valence-electron chi connectivity index (χ4n) is 2.41. The summed E-state index contributed by atoms with van der Waals surface area (Å²) >= 11 is 0. The van der Waals surface area contributed by atoms with Gasteiger partial charge in [0.2, 0.25) is 11.7 Å². The molecular weight excluding hydrogens is 299 g/mol. The lowest BCUT2D eigenvalue weighted by Gasteiger charge is -2.00. The summed E-state index contributed by atoms with van der Waals surface area (Å²) in [7, 11) is 1.53. The Balaban J connectivity index is 1.82. The minimum Gasteiger partial charge on any atom is -0.503 e. The number of aryl methyl sites for hydroxylation is 1. The Bertz CT molecular complexity index is 863. The first-order chi connectivity index (χ1) is 11.0. The summed E-state index contributed by atoms with van der Waals surface area (Å²) in [5, 5.41) is 19.3. The molecule has 118 valence electrons. The van der Waals surface area contributed by atoms with Crippen LogP contribution in [0.1, 0.15) is 27.3 Å². The standard InChI is InChI=1S/C17H15FN2O3/c1-20-9-13(16(22)17(20)23)15(21)14-7-6-12(19-14)8-10-2-4-11(18)5-3-10/h2-7,9,19,22-23H,8H2,1H3. The van der Waals surface area contributed by atoms with Crippen molar-refractivity contribution < 1.29 is 19.4 Å². The van der Waals surface area contributed by atoms with Crippen LogP contribution in [0, 0.1) is 5.82 Å². The summed E-state index contributed by atoms with van der Waals surface area (Å²) in [5.74, 6) is -1.50. The van der Waals surface area contributed by atoms with E-state index in [1.165, 1.54) is 29.9 Å². The summed E-state index contributed by atoms with van der Waals surface area (Å²) < 4.78 is 14.2. The number of hydrogen-bond donors (Lipinski definition) is 3. The van der Waals surface area contributed by atoms with Crippen molar-refractivity contribution in [1.29, 1.82) is 0 Å². The maximum absolute atomic E-state index is 12.9. The molecule has 0 unspecified atom stereocenters. The van der Waals surface area contributed by atoms with Crippen molar-refractivity contribution in [3.05, 3.63) is 70.9 Å². The molecular formula is C17H15FN2O3. The SMILES string of the molecule is Cn1cc(C(=O)c2ccc(Cc3ccc(F)cc3)[nH]2)c(O)c1O. The van der Waals surface area contributed by atoms with Gasteiger partial charge in [-0.25, -0.2) is 4.39 Å². The van der Waals surface area contributed by atoms with Gasteiger partial charge >= 0.3 is 0 Å². The summed E-state index contributed by atoms with van der Waals surface area (Å²) in [4.78, 5) is 15.4. The van der Waals surface area contributed by atoms with E-state index < -0.39 is 11.5 Å². The Kier molecular flexibility index (Phi) is 3.65. The molecule has 0 spiro atoms. The lowest BCUT2D eigenvalue weighted by molar-refractivity contribution is 0.103. The number of aromatic amines is 1. The Hall–Kier alpha value is -3.02. The molecule has 0 aliphatic heterocycles. The van der Waals surface area contributed by atoms with E-state index in [9.17, 15) is 19.4 Å². The number of rotatable bonds is 4. The minimum absolute atomic E-state index is 0.0279. The van der Waals surface area contributed by atoms with Crippen molar-refractivity contribution in [2.24, 2.45) is 7.05 Å². The highest BCUT2D eigenvalue weighted by Crippen LogP contribution is 2.31. The average molecular weight is 314 g/mol. The first kappa shape index (κ1) is 14.9. The van der Waals surface area contributed by atoms with Crippen LogP contribution >= 0.6 is 0 Å². The van der Waals surface area contributed by atoms with Crippen LogP contribution < -0.4 is 0 Å². The third-order valence-electron chi connectivity index (χ3n) is 3.67. The number of H-pyrrole nitrogens is 1. The van der Waals surface area contributed by atoms with Crippen LogP contribution in [0.15, 0.2) is 42.6 Å². The number of aromatic hydroxyl groups is 2. The maximum atomic E-state index is 12.9. The molecule has 0 saturated carbocycles. The number of hydrogen-bond acceptors (Lipinski definition) is 3. The predicted molar refractivity (Wildman–Crippen MR) is 82.2 cm³/mol. The van der Waals surface area contributed by atoms with Crippen molar-refractivity contribution in [2.75, 3.05) is 0 Å². The zero-order valence-corrected chi connectivity index (χ0v) is 12.4. The highest BCUT2D eigenvalue weighted by molar-refractivity contribution is 6.10. The molecule has 3 rings (SSSR count). The molecule has 0 atom stereocenters. The third kappa shape index (κ3) is 2.83. The van der Waals surface area contributed by atoms with Crippen LogP contribution in [-0.2, 0) is 13.5 Å². The third-order valence-corrected chi connectivity index (χ3v) is 3.67. The summed E-state index contributed by atoms with van der Waals surface area (Å²) in [6.45, 7) is 0. The van der Waals surface area contributed by atoms with E-state index in [1.54, 1.807) is 24.3 Å². The molecule has 2 heterocycles. The summed E-state index contributed by atoms with van der Waals surface area (Å²) in [6.07, 6.45) is 1.90. The second kappa shape index (κ2) is 5.64. The predicted octanol–water partition coefficient (Wildman–Crippen LogP) is 2.73. The van der Waals surface area contributed by atoms with E-state index in [0.29, 0.717) is 12.1 Å². The quantitative estimate of drug-likeness (QED) is 0.648. The highest BCUT2D eigenvalue weighted by atomic mass is 19.1. The van der Waals surface area contributed by atoms with E-state index in [2.05, 4.69) is 4.98 Å². The zero-order valence-electron chi connectivity index (χ0n) is 12.4. The van der Waals surface area contributed by atoms with Crippen LogP contribution in [0.3, 0.4) is 0 Å². The smallest absolute Gasteiger partial charge is 0.235 e. The average Bonchev–Trinajstić information content (AvgIpc) is 3.10. The topological polar surface area (TPSA) is 78.2 Å². The van der Waals surface area contributed by atoms with Crippen molar-refractivity contribution in [3.63, 3.8) is 0 Å². The number of aromatic nitrogens is 2. The largest absolute Gasteiger partial charge is 0.503 e. The zero-order chi connectivity index (χ0) is 16.6. The maximum Gasteiger partial charge on any atom is 0.235 e. The van der Waals surface area contributed by atoms with Crippen LogP contribution in [0.2, 0.25) is 0 Å². The molecule has 0 aliphatic rings. The van der Waals surface area contributed by atoms with Gasteiger partial charge in [-0.15, -0.1) is 0 Å². The first-order valence-corrected chi connectivity index (χ1v) is 7.00. The monoisotopic (exact) mass is 314 g/mol. The van der Waals surface area contributed by atoms with Gasteiger partial charge in [0, 0.05) is 25.4 Å². The van der Waals surface area contributed by atoms with E-state index >= 15 is 0 Å².